The monoisotopic (exact) mass is 281 g/mol. The molecule has 0 fully saturated rings. The van der Waals surface area contributed by atoms with Crippen molar-refractivity contribution in [2.24, 2.45) is 5.92 Å². The Bertz CT molecular complexity index is 650. The van der Waals surface area contributed by atoms with Crippen LogP contribution < -0.4 is 0 Å². The zero-order chi connectivity index (χ0) is 14.9. The Hall–Kier alpha value is -2.24. The topological polar surface area (TPSA) is 63.3 Å². The van der Waals surface area contributed by atoms with Gasteiger partial charge in [0.2, 0.25) is 0 Å². The van der Waals surface area contributed by atoms with Gasteiger partial charge in [-0.25, -0.2) is 13.6 Å². The van der Waals surface area contributed by atoms with Crippen molar-refractivity contribution in [1.82, 2.24) is 5.16 Å². The average molecular weight is 281 g/mol. The van der Waals surface area contributed by atoms with E-state index in [0.29, 0.717) is 6.42 Å². The van der Waals surface area contributed by atoms with Gasteiger partial charge in [-0.3, -0.25) is 0 Å². The van der Waals surface area contributed by atoms with Gasteiger partial charge in [-0.05, 0) is 24.1 Å². The van der Waals surface area contributed by atoms with Gasteiger partial charge in [0.25, 0.3) is 0 Å². The molecule has 0 unspecified atom stereocenters. The van der Waals surface area contributed by atoms with Crippen LogP contribution in [0.2, 0.25) is 0 Å². The van der Waals surface area contributed by atoms with Gasteiger partial charge in [0, 0.05) is 12.0 Å². The van der Waals surface area contributed by atoms with Crippen molar-refractivity contribution in [3.05, 3.63) is 41.2 Å². The van der Waals surface area contributed by atoms with E-state index in [0.717, 1.165) is 18.2 Å². The van der Waals surface area contributed by atoms with Crippen molar-refractivity contribution in [3.8, 4) is 11.3 Å². The number of rotatable bonds is 4. The first-order valence-electron chi connectivity index (χ1n) is 6.07. The number of carbonyl (C=O) groups is 1. The van der Waals surface area contributed by atoms with Crippen LogP contribution in [-0.2, 0) is 6.42 Å². The Kier molecular flexibility index (Phi) is 3.83. The fourth-order valence-corrected chi connectivity index (χ4v) is 1.92. The highest BCUT2D eigenvalue weighted by Crippen LogP contribution is 2.29. The van der Waals surface area contributed by atoms with Gasteiger partial charge in [0.15, 0.2) is 5.76 Å². The van der Waals surface area contributed by atoms with E-state index in [1.165, 1.54) is 0 Å². The second kappa shape index (κ2) is 5.40. The van der Waals surface area contributed by atoms with Crippen molar-refractivity contribution in [2.75, 3.05) is 0 Å². The smallest absolute Gasteiger partial charge is 0.341 e. The molecule has 0 spiro atoms. The normalized spacial score (nSPS) is 11.1. The molecule has 2 rings (SSSR count). The second-order valence-corrected chi connectivity index (χ2v) is 4.86. The van der Waals surface area contributed by atoms with Gasteiger partial charge in [0.1, 0.15) is 22.9 Å². The van der Waals surface area contributed by atoms with Crippen LogP contribution in [0.15, 0.2) is 22.7 Å². The predicted octanol–water partition coefficient (Wildman–Crippen LogP) is 3.52. The summed E-state index contributed by atoms with van der Waals surface area (Å²) in [5, 5.41) is 12.9. The maximum Gasteiger partial charge on any atom is 0.341 e. The zero-order valence-electron chi connectivity index (χ0n) is 11.0. The molecule has 1 aromatic carbocycles. The number of carboxylic acid groups (broad SMARTS) is 1. The lowest BCUT2D eigenvalue weighted by molar-refractivity contribution is 0.0695. The molecule has 0 amide bonds. The molecule has 0 saturated heterocycles. The van der Waals surface area contributed by atoms with E-state index in [1.807, 2.05) is 13.8 Å². The first-order valence-corrected chi connectivity index (χ1v) is 6.07. The number of benzene rings is 1. The Morgan fingerprint density at radius 1 is 1.40 bits per heavy atom. The standard InChI is InChI=1S/C14H13F2NO3/c1-7(2)5-11-12(14(18)19)13(17-20-11)9-6-8(15)3-4-10(9)16/h3-4,6-7H,5H2,1-2H3,(H,18,19). The third kappa shape index (κ3) is 2.68. The van der Waals surface area contributed by atoms with Crippen LogP contribution in [0.1, 0.15) is 30.0 Å². The first kappa shape index (κ1) is 14.2. The number of hydrogen-bond donors (Lipinski definition) is 1. The van der Waals surface area contributed by atoms with Crippen LogP contribution in [0.4, 0.5) is 8.78 Å². The van der Waals surface area contributed by atoms with E-state index in [4.69, 9.17) is 4.52 Å². The van der Waals surface area contributed by atoms with Crippen LogP contribution in [0.25, 0.3) is 11.3 Å². The molecular formula is C14H13F2NO3. The van der Waals surface area contributed by atoms with Crippen LogP contribution in [0.3, 0.4) is 0 Å². The lowest BCUT2D eigenvalue weighted by Gasteiger charge is -2.03. The highest BCUT2D eigenvalue weighted by Gasteiger charge is 2.25. The summed E-state index contributed by atoms with van der Waals surface area (Å²) in [4.78, 5) is 11.3. The number of halogens is 2. The highest BCUT2D eigenvalue weighted by atomic mass is 19.1. The molecule has 1 heterocycles. The molecule has 6 heteroatoms. The van der Waals surface area contributed by atoms with Crippen molar-refractivity contribution < 1.29 is 23.2 Å². The fourth-order valence-electron chi connectivity index (χ4n) is 1.92. The number of aromatic carboxylic acids is 1. The van der Waals surface area contributed by atoms with E-state index >= 15 is 0 Å². The van der Waals surface area contributed by atoms with Gasteiger partial charge in [-0.15, -0.1) is 0 Å². The maximum absolute atomic E-state index is 13.7. The molecule has 0 aliphatic heterocycles. The summed E-state index contributed by atoms with van der Waals surface area (Å²) in [5.41, 5.74) is -0.630. The van der Waals surface area contributed by atoms with Crippen LogP contribution in [-0.4, -0.2) is 16.2 Å². The minimum absolute atomic E-state index is 0.145. The Balaban J connectivity index is 2.59. The summed E-state index contributed by atoms with van der Waals surface area (Å²) in [6.07, 6.45) is 0.353. The van der Waals surface area contributed by atoms with E-state index in [9.17, 15) is 18.7 Å². The Labute approximate surface area is 114 Å². The fraction of sp³-hybridized carbons (Fsp3) is 0.286. The van der Waals surface area contributed by atoms with E-state index in [1.54, 1.807) is 0 Å². The molecule has 106 valence electrons. The van der Waals surface area contributed by atoms with Crippen molar-refractivity contribution in [2.45, 2.75) is 20.3 Å². The summed E-state index contributed by atoms with van der Waals surface area (Å²) in [5.74, 6) is -2.40. The Morgan fingerprint density at radius 3 is 2.70 bits per heavy atom. The molecule has 0 atom stereocenters. The van der Waals surface area contributed by atoms with Gasteiger partial charge < -0.3 is 9.63 Å². The zero-order valence-corrected chi connectivity index (χ0v) is 11.0. The van der Waals surface area contributed by atoms with Crippen molar-refractivity contribution in [3.63, 3.8) is 0 Å². The number of aromatic nitrogens is 1. The number of carboxylic acids is 1. The van der Waals surface area contributed by atoms with Crippen molar-refractivity contribution >= 4 is 5.97 Å². The Morgan fingerprint density at radius 2 is 2.10 bits per heavy atom. The minimum Gasteiger partial charge on any atom is -0.477 e. The van der Waals surface area contributed by atoms with E-state index in [-0.39, 0.29) is 28.5 Å². The molecule has 0 radical (unpaired) electrons. The molecule has 4 nitrogen and oxygen atoms in total. The summed E-state index contributed by atoms with van der Waals surface area (Å²) >= 11 is 0. The van der Waals surface area contributed by atoms with Crippen molar-refractivity contribution in [1.29, 1.82) is 0 Å². The quantitative estimate of drug-likeness (QED) is 0.931. The molecule has 0 bridgehead atoms. The largest absolute Gasteiger partial charge is 0.477 e. The third-order valence-corrected chi connectivity index (χ3v) is 2.75. The first-order chi connectivity index (χ1) is 9.40. The third-order valence-electron chi connectivity index (χ3n) is 2.75. The second-order valence-electron chi connectivity index (χ2n) is 4.86. The molecule has 1 N–H and O–H groups in total. The van der Waals surface area contributed by atoms with Crippen LogP contribution >= 0.6 is 0 Å². The molecule has 20 heavy (non-hydrogen) atoms. The summed E-state index contributed by atoms with van der Waals surface area (Å²) < 4.78 is 31.9. The lowest BCUT2D eigenvalue weighted by atomic mass is 10.0. The number of nitrogens with zero attached hydrogens (tertiary/aromatic N) is 1. The van der Waals surface area contributed by atoms with Crippen LogP contribution in [0.5, 0.6) is 0 Å². The van der Waals surface area contributed by atoms with Gasteiger partial charge in [-0.2, -0.15) is 0 Å². The summed E-state index contributed by atoms with van der Waals surface area (Å²) in [6, 6.07) is 2.78. The van der Waals surface area contributed by atoms with Gasteiger partial charge in [0.05, 0.1) is 0 Å². The summed E-state index contributed by atoms with van der Waals surface area (Å²) in [7, 11) is 0. The molecular weight excluding hydrogens is 268 g/mol. The molecule has 0 aliphatic carbocycles. The van der Waals surface area contributed by atoms with E-state index in [2.05, 4.69) is 5.16 Å². The molecule has 0 saturated carbocycles. The minimum atomic E-state index is -1.28. The molecule has 2 aromatic rings. The SMILES string of the molecule is CC(C)Cc1onc(-c2cc(F)ccc2F)c1C(=O)O. The predicted molar refractivity (Wildman–Crippen MR) is 67.4 cm³/mol. The number of hydrogen-bond acceptors (Lipinski definition) is 3. The van der Waals surface area contributed by atoms with Crippen LogP contribution in [0, 0.1) is 17.6 Å². The van der Waals surface area contributed by atoms with Gasteiger partial charge >= 0.3 is 5.97 Å². The summed E-state index contributed by atoms with van der Waals surface area (Å²) in [6.45, 7) is 3.77. The molecule has 0 aliphatic rings. The highest BCUT2D eigenvalue weighted by molar-refractivity contribution is 5.95. The lowest BCUT2D eigenvalue weighted by Crippen LogP contribution is -2.04. The molecule has 1 aromatic heterocycles. The van der Waals surface area contributed by atoms with E-state index < -0.39 is 17.6 Å². The van der Waals surface area contributed by atoms with Gasteiger partial charge in [-0.1, -0.05) is 19.0 Å². The maximum atomic E-state index is 13.7. The average Bonchev–Trinajstić information content (AvgIpc) is 2.75.